The van der Waals surface area contributed by atoms with Crippen molar-refractivity contribution in [1.82, 2.24) is 4.98 Å². The molecule has 2 aromatic carbocycles. The Balaban J connectivity index is 1.70. The summed E-state index contributed by atoms with van der Waals surface area (Å²) in [5.74, 6) is -0.821. The maximum Gasteiger partial charge on any atom is 0.316 e. The second-order valence-electron chi connectivity index (χ2n) is 7.47. The highest BCUT2D eigenvalue weighted by atomic mass is 32.2. The van der Waals surface area contributed by atoms with Crippen LogP contribution in [0.15, 0.2) is 53.4 Å². The Hall–Kier alpha value is -2.78. The number of anilines is 1. The first-order valence-electron chi connectivity index (χ1n) is 9.67. The minimum absolute atomic E-state index is 0.141. The highest BCUT2D eigenvalue weighted by molar-refractivity contribution is 7.93. The zero-order valence-corrected chi connectivity index (χ0v) is 18.6. The number of aromatic nitrogens is 1. The van der Waals surface area contributed by atoms with Gasteiger partial charge in [-0.3, -0.25) is 9.52 Å². The number of nitrogens with zero attached hydrogens (tertiary/aromatic N) is 1. The predicted octanol–water partition coefficient (Wildman–Crippen LogP) is 3.99. The van der Waals surface area contributed by atoms with Crippen LogP contribution in [-0.4, -0.2) is 26.5 Å². The van der Waals surface area contributed by atoms with E-state index < -0.39 is 21.4 Å². The molecule has 1 aliphatic rings. The van der Waals surface area contributed by atoms with Crippen LogP contribution in [0, 0.1) is 12.7 Å². The lowest BCUT2D eigenvalue weighted by Gasteiger charge is -2.35. The van der Waals surface area contributed by atoms with Crippen molar-refractivity contribution in [2.75, 3.05) is 11.8 Å². The number of hydrogen-bond donors (Lipinski definition) is 1. The minimum atomic E-state index is -3.77. The lowest BCUT2D eigenvalue weighted by molar-refractivity contribution is -0.148. The van der Waals surface area contributed by atoms with Gasteiger partial charge in [-0.1, -0.05) is 30.3 Å². The Morgan fingerprint density at radius 2 is 1.94 bits per heavy atom. The quantitative estimate of drug-likeness (QED) is 0.582. The number of carbonyl (C=O) groups excluding carboxylic acids is 1. The van der Waals surface area contributed by atoms with Gasteiger partial charge in [-0.25, -0.2) is 17.8 Å². The first-order chi connectivity index (χ1) is 14.8. The number of carbonyl (C=O) groups is 1. The molecule has 1 unspecified atom stereocenters. The van der Waals surface area contributed by atoms with E-state index in [0.717, 1.165) is 10.6 Å². The third kappa shape index (κ3) is 3.83. The normalized spacial score (nSPS) is 18.3. The van der Waals surface area contributed by atoms with E-state index in [1.807, 2.05) is 0 Å². The summed E-state index contributed by atoms with van der Waals surface area (Å²) in [5, 5.41) is 0.241. The molecule has 0 spiro atoms. The molecule has 1 aliphatic carbocycles. The minimum Gasteiger partial charge on any atom is -0.468 e. The van der Waals surface area contributed by atoms with E-state index in [2.05, 4.69) is 9.71 Å². The molecular formula is C22H21FN2O4S2. The molecule has 9 heteroatoms. The summed E-state index contributed by atoms with van der Waals surface area (Å²) < 4.78 is 47.2. The summed E-state index contributed by atoms with van der Waals surface area (Å²) in [4.78, 5) is 18.3. The predicted molar refractivity (Wildman–Crippen MR) is 116 cm³/mol. The maximum absolute atomic E-state index is 14.3. The first-order valence-corrected chi connectivity index (χ1v) is 12.0. The Morgan fingerprint density at radius 1 is 1.19 bits per heavy atom. The van der Waals surface area contributed by atoms with Gasteiger partial charge in [0.2, 0.25) is 0 Å². The van der Waals surface area contributed by atoms with Gasteiger partial charge in [-0.2, -0.15) is 0 Å². The maximum atomic E-state index is 14.3. The lowest BCUT2D eigenvalue weighted by Crippen LogP contribution is -2.42. The second-order valence-corrected chi connectivity index (χ2v) is 10.2. The molecule has 0 saturated heterocycles. The molecule has 31 heavy (non-hydrogen) atoms. The molecule has 1 heterocycles. The van der Waals surface area contributed by atoms with Gasteiger partial charge in [0, 0.05) is 11.3 Å². The summed E-state index contributed by atoms with van der Waals surface area (Å²) in [7, 11) is -2.45. The van der Waals surface area contributed by atoms with Gasteiger partial charge in [0.05, 0.1) is 23.1 Å². The third-order valence-electron chi connectivity index (χ3n) is 5.66. The van der Waals surface area contributed by atoms with Gasteiger partial charge in [0.1, 0.15) is 5.82 Å². The zero-order valence-electron chi connectivity index (χ0n) is 17.0. The van der Waals surface area contributed by atoms with Crippen molar-refractivity contribution in [2.45, 2.75) is 36.5 Å². The molecule has 0 radical (unpaired) electrons. The third-order valence-corrected chi connectivity index (χ3v) is 8.16. The monoisotopic (exact) mass is 460 g/mol. The molecule has 1 atom stereocenters. The van der Waals surface area contributed by atoms with Crippen LogP contribution in [-0.2, 0) is 37.8 Å². The number of hydrogen-bond acceptors (Lipinski definition) is 6. The highest BCUT2D eigenvalue weighted by Gasteiger charge is 2.46. The largest absolute Gasteiger partial charge is 0.468 e. The van der Waals surface area contributed by atoms with Crippen molar-refractivity contribution in [1.29, 1.82) is 0 Å². The lowest BCUT2D eigenvalue weighted by atomic mass is 9.69. The Bertz CT molecular complexity index is 1240. The highest BCUT2D eigenvalue weighted by Crippen LogP contribution is 2.44. The molecule has 162 valence electrons. The van der Waals surface area contributed by atoms with Crippen LogP contribution in [0.2, 0.25) is 0 Å². The zero-order chi connectivity index (χ0) is 22.2. The number of esters is 1. The number of halogens is 1. The molecule has 1 N–H and O–H groups in total. The molecule has 0 saturated carbocycles. The Kier molecular flexibility index (Phi) is 5.57. The van der Waals surface area contributed by atoms with Crippen LogP contribution in [0.1, 0.15) is 28.1 Å². The van der Waals surface area contributed by atoms with Crippen molar-refractivity contribution in [3.05, 3.63) is 76.0 Å². The number of benzene rings is 2. The van der Waals surface area contributed by atoms with Crippen molar-refractivity contribution in [3.8, 4) is 0 Å². The average Bonchev–Trinajstić information content (AvgIpc) is 3.15. The fourth-order valence-corrected chi connectivity index (χ4v) is 6.44. The topological polar surface area (TPSA) is 85.4 Å². The van der Waals surface area contributed by atoms with Crippen molar-refractivity contribution in [3.63, 3.8) is 0 Å². The summed E-state index contributed by atoms with van der Waals surface area (Å²) in [5.41, 5.74) is 0.691. The van der Waals surface area contributed by atoms with E-state index in [0.29, 0.717) is 24.0 Å². The van der Waals surface area contributed by atoms with Crippen LogP contribution in [0.4, 0.5) is 9.52 Å². The number of thiazole rings is 1. The fourth-order valence-electron chi connectivity index (χ4n) is 4.06. The smallest absolute Gasteiger partial charge is 0.316 e. The van der Waals surface area contributed by atoms with E-state index in [-0.39, 0.29) is 22.3 Å². The number of fused-ring (bicyclic) bond motifs is 1. The molecule has 0 bridgehead atoms. The van der Waals surface area contributed by atoms with Crippen LogP contribution in [0.25, 0.3) is 0 Å². The summed E-state index contributed by atoms with van der Waals surface area (Å²) in [6.45, 7) is 1.65. The van der Waals surface area contributed by atoms with Crippen LogP contribution in [0.3, 0.4) is 0 Å². The van der Waals surface area contributed by atoms with Gasteiger partial charge >= 0.3 is 5.97 Å². The van der Waals surface area contributed by atoms with E-state index in [9.17, 15) is 17.6 Å². The molecule has 0 amide bonds. The van der Waals surface area contributed by atoms with E-state index >= 15 is 0 Å². The van der Waals surface area contributed by atoms with Gasteiger partial charge in [0.25, 0.3) is 10.0 Å². The van der Waals surface area contributed by atoms with Crippen molar-refractivity contribution < 1.29 is 22.3 Å². The standard InChI is InChI=1S/C22H21FN2O4S2/c1-14-16(9-6-10-17(14)23)22(20(26)29-2)12-11-18-19(13-22)30-21(24-18)25-31(27,28)15-7-4-3-5-8-15/h3-10H,11-13H2,1-2H3,(H,24,25). The summed E-state index contributed by atoms with van der Waals surface area (Å²) >= 11 is 1.19. The number of rotatable bonds is 5. The Morgan fingerprint density at radius 3 is 2.65 bits per heavy atom. The van der Waals surface area contributed by atoms with Crippen molar-refractivity contribution in [2.24, 2.45) is 0 Å². The van der Waals surface area contributed by atoms with Crippen LogP contribution in [0.5, 0.6) is 0 Å². The number of sulfonamides is 1. The SMILES string of the molecule is COC(=O)C1(c2cccc(F)c2C)CCc2nc(NS(=O)(=O)c3ccccc3)sc2C1. The van der Waals surface area contributed by atoms with E-state index in [1.54, 1.807) is 37.3 Å². The Labute approximate surface area is 184 Å². The summed E-state index contributed by atoms with van der Waals surface area (Å²) in [6.07, 6.45) is 1.11. The van der Waals surface area contributed by atoms with Gasteiger partial charge in [-0.15, -0.1) is 11.3 Å². The number of aryl methyl sites for hydroxylation is 1. The number of methoxy groups -OCH3 is 1. The van der Waals surface area contributed by atoms with Crippen LogP contribution < -0.4 is 4.72 Å². The molecule has 0 aliphatic heterocycles. The first kappa shape index (κ1) is 21.5. The summed E-state index contributed by atoms with van der Waals surface area (Å²) in [6, 6.07) is 12.7. The fraction of sp³-hybridized carbons (Fsp3) is 0.273. The molecule has 1 aromatic heterocycles. The molecule has 4 rings (SSSR count). The number of ether oxygens (including phenoxy) is 1. The van der Waals surface area contributed by atoms with Crippen molar-refractivity contribution >= 4 is 32.5 Å². The molecule has 6 nitrogen and oxygen atoms in total. The molecule has 3 aromatic rings. The van der Waals surface area contributed by atoms with Gasteiger partial charge in [-0.05, 0) is 49.1 Å². The van der Waals surface area contributed by atoms with Crippen LogP contribution >= 0.6 is 11.3 Å². The average molecular weight is 461 g/mol. The second kappa shape index (κ2) is 8.05. The van der Waals surface area contributed by atoms with Gasteiger partial charge in [0.15, 0.2) is 5.13 Å². The molecule has 0 fully saturated rings. The van der Waals surface area contributed by atoms with E-state index in [1.165, 1.54) is 36.6 Å². The van der Waals surface area contributed by atoms with Gasteiger partial charge < -0.3 is 4.74 Å². The number of nitrogens with one attached hydrogen (secondary N) is 1. The molecular weight excluding hydrogens is 439 g/mol. The van der Waals surface area contributed by atoms with E-state index in [4.69, 9.17) is 4.74 Å².